The summed E-state index contributed by atoms with van der Waals surface area (Å²) >= 11 is 5.12. The van der Waals surface area contributed by atoms with Crippen LogP contribution in [-0.2, 0) is 23.8 Å². The molecule has 96 valence electrons. The molecule has 0 aliphatic rings. The van der Waals surface area contributed by atoms with Crippen LogP contribution in [0, 0.1) is 0 Å². The highest BCUT2D eigenvalue weighted by molar-refractivity contribution is 7.87. The number of ether oxygens (including phenoxy) is 1. The first-order valence-electron chi connectivity index (χ1n) is 5.06. The van der Waals surface area contributed by atoms with E-state index in [0.717, 1.165) is 19.3 Å². The van der Waals surface area contributed by atoms with Gasteiger partial charge in [-0.2, -0.15) is 8.42 Å². The van der Waals surface area contributed by atoms with Crippen molar-refractivity contribution in [2.24, 2.45) is 0 Å². The van der Waals surface area contributed by atoms with Gasteiger partial charge in [-0.15, -0.1) is 11.6 Å². The van der Waals surface area contributed by atoms with Crippen molar-refractivity contribution in [1.29, 1.82) is 0 Å². The first-order valence-corrected chi connectivity index (χ1v) is 7.17. The number of halogens is 1. The van der Waals surface area contributed by atoms with Crippen molar-refractivity contribution in [2.75, 3.05) is 11.8 Å². The summed E-state index contributed by atoms with van der Waals surface area (Å²) in [5, 5.41) is -0.680. The Morgan fingerprint density at radius 1 is 1.38 bits per heavy atom. The average Bonchev–Trinajstić information content (AvgIpc) is 2.23. The average molecular weight is 273 g/mol. The van der Waals surface area contributed by atoms with E-state index in [1.807, 2.05) is 6.92 Å². The minimum Gasteiger partial charge on any atom is -0.464 e. The molecular formula is C9H17ClO5S. The van der Waals surface area contributed by atoms with Crippen molar-refractivity contribution in [3.63, 3.8) is 0 Å². The summed E-state index contributed by atoms with van der Waals surface area (Å²) in [6.45, 7) is 3.62. The van der Waals surface area contributed by atoms with Crippen molar-refractivity contribution in [3.05, 3.63) is 0 Å². The van der Waals surface area contributed by atoms with E-state index in [-0.39, 0.29) is 6.61 Å². The quantitative estimate of drug-likeness (QED) is 0.291. The second-order valence-electron chi connectivity index (χ2n) is 3.28. The second kappa shape index (κ2) is 7.86. The van der Waals surface area contributed by atoms with Crippen LogP contribution in [0.15, 0.2) is 0 Å². The molecule has 0 spiro atoms. The molecule has 0 aromatic heterocycles. The van der Waals surface area contributed by atoms with E-state index in [2.05, 4.69) is 4.18 Å². The first kappa shape index (κ1) is 15.7. The van der Waals surface area contributed by atoms with Gasteiger partial charge in [-0.25, -0.2) is 4.79 Å². The molecular weight excluding hydrogens is 256 g/mol. The van der Waals surface area contributed by atoms with Crippen LogP contribution in [-0.4, -0.2) is 32.3 Å². The van der Waals surface area contributed by atoms with Crippen molar-refractivity contribution < 1.29 is 22.1 Å². The van der Waals surface area contributed by atoms with Crippen molar-refractivity contribution in [2.45, 2.75) is 39.2 Å². The third-order valence-corrected chi connectivity index (χ3v) is 3.40. The Balaban J connectivity index is 3.91. The van der Waals surface area contributed by atoms with Gasteiger partial charge in [-0.05, 0) is 13.3 Å². The van der Waals surface area contributed by atoms with E-state index >= 15 is 0 Å². The van der Waals surface area contributed by atoms with Gasteiger partial charge in [-0.3, -0.25) is 4.18 Å². The van der Waals surface area contributed by atoms with Crippen LogP contribution < -0.4 is 0 Å². The van der Waals surface area contributed by atoms with Gasteiger partial charge in [-0.1, -0.05) is 19.8 Å². The highest BCUT2D eigenvalue weighted by Crippen LogP contribution is 2.04. The summed E-state index contributed by atoms with van der Waals surface area (Å²) in [5.41, 5.74) is 0. The lowest BCUT2D eigenvalue weighted by Crippen LogP contribution is -2.27. The molecule has 16 heavy (non-hydrogen) atoms. The molecule has 0 bridgehead atoms. The van der Waals surface area contributed by atoms with E-state index < -0.39 is 27.4 Å². The van der Waals surface area contributed by atoms with Gasteiger partial charge in [0, 0.05) is 0 Å². The molecule has 0 unspecified atom stereocenters. The Hall–Kier alpha value is -0.330. The summed E-state index contributed by atoms with van der Waals surface area (Å²) in [6, 6.07) is 0. The first-order chi connectivity index (χ1) is 7.43. The Kier molecular flexibility index (Phi) is 7.70. The molecule has 0 fully saturated rings. The summed E-state index contributed by atoms with van der Waals surface area (Å²) in [6.07, 6.45) is 1.59. The van der Waals surface area contributed by atoms with E-state index in [1.54, 1.807) is 0 Å². The zero-order chi connectivity index (χ0) is 12.6. The fourth-order valence-corrected chi connectivity index (χ4v) is 1.65. The second-order valence-corrected chi connectivity index (χ2v) is 5.46. The zero-order valence-electron chi connectivity index (χ0n) is 9.44. The highest BCUT2D eigenvalue weighted by Gasteiger charge is 2.22. The molecule has 0 heterocycles. The number of unbranched alkanes of at least 4 members (excludes halogenated alkanes) is 2. The van der Waals surface area contributed by atoms with Crippen molar-refractivity contribution in [1.82, 2.24) is 0 Å². The molecule has 1 atom stereocenters. The molecule has 0 amide bonds. The number of esters is 1. The molecule has 0 aromatic carbocycles. The van der Waals surface area contributed by atoms with Gasteiger partial charge in [0.2, 0.25) is 0 Å². The van der Waals surface area contributed by atoms with Crippen molar-refractivity contribution >= 4 is 27.7 Å². The topological polar surface area (TPSA) is 69.7 Å². The molecule has 0 saturated carbocycles. The minimum atomic E-state index is -3.83. The van der Waals surface area contributed by atoms with Crippen LogP contribution in [0.25, 0.3) is 0 Å². The van der Waals surface area contributed by atoms with E-state index in [0.29, 0.717) is 0 Å². The predicted octanol–water partition coefficient (Wildman–Crippen LogP) is 1.65. The number of alkyl halides is 1. The lowest BCUT2D eigenvalue weighted by atomic mass is 10.3. The molecule has 7 heteroatoms. The summed E-state index contributed by atoms with van der Waals surface area (Å²) in [4.78, 5) is 11.2. The monoisotopic (exact) mass is 272 g/mol. The van der Waals surface area contributed by atoms with Crippen molar-refractivity contribution in [3.8, 4) is 0 Å². The smallest absolute Gasteiger partial charge is 0.336 e. The molecule has 0 aromatic rings. The Labute approximate surface area is 101 Å². The summed E-state index contributed by atoms with van der Waals surface area (Å²) in [5.74, 6) is -0.690. The number of hydrogen-bond acceptors (Lipinski definition) is 5. The maximum atomic E-state index is 11.2. The molecule has 0 aliphatic heterocycles. The van der Waals surface area contributed by atoms with Gasteiger partial charge in [0.25, 0.3) is 10.1 Å². The van der Waals surface area contributed by atoms with Gasteiger partial charge >= 0.3 is 5.97 Å². The maximum Gasteiger partial charge on any atom is 0.336 e. The summed E-state index contributed by atoms with van der Waals surface area (Å²) in [7, 11) is -3.83. The highest BCUT2D eigenvalue weighted by atomic mass is 35.5. The molecule has 0 radical (unpaired) electrons. The standard InChI is InChI=1S/C9H17ClO5S/c1-3-4-5-6-14-9(11)8(2)15-16(12,13)7-10/h8H,3-7H2,1-2H3/t8-/m0/s1. The van der Waals surface area contributed by atoms with Gasteiger partial charge < -0.3 is 4.74 Å². The third-order valence-electron chi connectivity index (χ3n) is 1.75. The number of carbonyl (C=O) groups is 1. The van der Waals surface area contributed by atoms with E-state index in [1.165, 1.54) is 6.92 Å². The van der Waals surface area contributed by atoms with Crippen LogP contribution in [0.1, 0.15) is 33.1 Å². The van der Waals surface area contributed by atoms with E-state index in [4.69, 9.17) is 16.3 Å². The lowest BCUT2D eigenvalue weighted by molar-refractivity contribution is -0.151. The van der Waals surface area contributed by atoms with Crippen LogP contribution >= 0.6 is 11.6 Å². The molecule has 0 N–H and O–H groups in total. The normalized spacial score (nSPS) is 13.4. The van der Waals surface area contributed by atoms with Crippen LogP contribution in [0.4, 0.5) is 0 Å². The number of hydrogen-bond donors (Lipinski definition) is 0. The minimum absolute atomic E-state index is 0.279. The van der Waals surface area contributed by atoms with Crippen LogP contribution in [0.3, 0.4) is 0 Å². The molecule has 0 saturated heterocycles. The van der Waals surface area contributed by atoms with Gasteiger partial charge in [0.15, 0.2) is 6.10 Å². The fourth-order valence-electron chi connectivity index (χ4n) is 0.927. The number of rotatable bonds is 8. The molecule has 0 aliphatic carbocycles. The summed E-state index contributed by atoms with van der Waals surface area (Å²) < 4.78 is 31.2. The SMILES string of the molecule is CCCCCOC(=O)[C@H](C)OS(=O)(=O)CCl. The fraction of sp³-hybridized carbons (Fsp3) is 0.889. The maximum absolute atomic E-state index is 11.2. The predicted molar refractivity (Wildman–Crippen MR) is 60.7 cm³/mol. The third kappa shape index (κ3) is 7.03. The zero-order valence-corrected chi connectivity index (χ0v) is 11.0. The Morgan fingerprint density at radius 3 is 2.50 bits per heavy atom. The van der Waals surface area contributed by atoms with E-state index in [9.17, 15) is 13.2 Å². The van der Waals surface area contributed by atoms with Gasteiger partial charge in [0.05, 0.1) is 6.61 Å². The largest absolute Gasteiger partial charge is 0.464 e. The Bertz CT molecular complexity index is 301. The van der Waals surface area contributed by atoms with Gasteiger partial charge in [0.1, 0.15) is 5.21 Å². The molecule has 5 nitrogen and oxygen atoms in total. The molecule has 0 rings (SSSR count). The lowest BCUT2D eigenvalue weighted by Gasteiger charge is -2.11. The number of carbonyl (C=O) groups excluding carboxylic acids is 1. The van der Waals surface area contributed by atoms with Crippen LogP contribution in [0.2, 0.25) is 0 Å². The van der Waals surface area contributed by atoms with Crippen LogP contribution in [0.5, 0.6) is 0 Å². The Morgan fingerprint density at radius 2 is 2.00 bits per heavy atom.